The van der Waals surface area contributed by atoms with Gasteiger partial charge in [0, 0.05) is 20.1 Å². The number of nitrogens with zero attached hydrogens (tertiary/aromatic N) is 2. The fourth-order valence-corrected chi connectivity index (χ4v) is 1.47. The number of aromatic nitrogens is 1. The van der Waals surface area contributed by atoms with E-state index >= 15 is 0 Å². The quantitative estimate of drug-likeness (QED) is 0.773. The molecule has 84 valence electrons. The summed E-state index contributed by atoms with van der Waals surface area (Å²) in [6.45, 7) is 4.11. The zero-order valence-corrected chi connectivity index (χ0v) is 9.95. The van der Waals surface area contributed by atoms with E-state index in [4.69, 9.17) is 0 Å². The highest BCUT2D eigenvalue weighted by Gasteiger charge is 2.02. The lowest BCUT2D eigenvalue weighted by atomic mass is 10.3. The van der Waals surface area contributed by atoms with E-state index in [1.54, 1.807) is 0 Å². The fraction of sp³-hybridized carbons (Fsp3) is 0.583. The SMILES string of the molecule is CCCCN(C)c1cccc(CNC)n1. The van der Waals surface area contributed by atoms with Crippen LogP contribution < -0.4 is 10.2 Å². The Labute approximate surface area is 92.5 Å². The van der Waals surface area contributed by atoms with Crippen LogP contribution in [0.1, 0.15) is 25.5 Å². The number of pyridine rings is 1. The summed E-state index contributed by atoms with van der Waals surface area (Å²) in [6, 6.07) is 6.18. The monoisotopic (exact) mass is 207 g/mol. The molecule has 0 fully saturated rings. The highest BCUT2D eigenvalue weighted by Crippen LogP contribution is 2.10. The van der Waals surface area contributed by atoms with Gasteiger partial charge in [-0.2, -0.15) is 0 Å². The van der Waals surface area contributed by atoms with Crippen LogP contribution in [0, 0.1) is 0 Å². The van der Waals surface area contributed by atoms with Crippen molar-refractivity contribution in [3.05, 3.63) is 23.9 Å². The van der Waals surface area contributed by atoms with Gasteiger partial charge in [0.1, 0.15) is 5.82 Å². The van der Waals surface area contributed by atoms with Gasteiger partial charge >= 0.3 is 0 Å². The van der Waals surface area contributed by atoms with E-state index in [0.717, 1.165) is 24.6 Å². The Bertz CT molecular complexity index is 286. The molecule has 0 saturated heterocycles. The largest absolute Gasteiger partial charge is 0.360 e. The summed E-state index contributed by atoms with van der Waals surface area (Å²) in [5.41, 5.74) is 1.10. The Balaban J connectivity index is 2.62. The number of rotatable bonds is 6. The van der Waals surface area contributed by atoms with Crippen molar-refractivity contribution in [2.45, 2.75) is 26.3 Å². The van der Waals surface area contributed by atoms with E-state index < -0.39 is 0 Å². The Morgan fingerprint density at radius 1 is 1.40 bits per heavy atom. The molecule has 0 atom stereocenters. The lowest BCUT2D eigenvalue weighted by Crippen LogP contribution is -2.20. The third-order valence-corrected chi connectivity index (χ3v) is 2.39. The van der Waals surface area contributed by atoms with Crippen molar-refractivity contribution in [1.82, 2.24) is 10.3 Å². The van der Waals surface area contributed by atoms with E-state index in [-0.39, 0.29) is 0 Å². The maximum Gasteiger partial charge on any atom is 0.128 e. The molecular weight excluding hydrogens is 186 g/mol. The lowest BCUT2D eigenvalue weighted by Gasteiger charge is -2.18. The van der Waals surface area contributed by atoms with Crippen molar-refractivity contribution in [2.24, 2.45) is 0 Å². The van der Waals surface area contributed by atoms with Gasteiger partial charge in [0.05, 0.1) is 5.69 Å². The Morgan fingerprint density at radius 2 is 2.20 bits per heavy atom. The van der Waals surface area contributed by atoms with Gasteiger partial charge in [-0.15, -0.1) is 0 Å². The number of hydrogen-bond acceptors (Lipinski definition) is 3. The van der Waals surface area contributed by atoms with E-state index in [0.29, 0.717) is 0 Å². The molecule has 0 saturated carbocycles. The molecule has 3 heteroatoms. The number of anilines is 1. The van der Waals surface area contributed by atoms with Crippen LogP contribution in [0.4, 0.5) is 5.82 Å². The standard InChI is InChI=1S/C12H21N3/c1-4-5-9-15(3)12-8-6-7-11(14-12)10-13-2/h6-8,13H,4-5,9-10H2,1-3H3. The van der Waals surface area contributed by atoms with E-state index in [9.17, 15) is 0 Å². The van der Waals surface area contributed by atoms with Crippen molar-refractivity contribution in [2.75, 3.05) is 25.5 Å². The number of nitrogens with one attached hydrogen (secondary N) is 1. The number of hydrogen-bond donors (Lipinski definition) is 1. The van der Waals surface area contributed by atoms with Gasteiger partial charge in [-0.25, -0.2) is 4.98 Å². The normalized spacial score (nSPS) is 10.3. The van der Waals surface area contributed by atoms with Crippen LogP contribution in [-0.4, -0.2) is 25.6 Å². The minimum absolute atomic E-state index is 0.829. The minimum atomic E-state index is 0.829. The molecule has 0 spiro atoms. The molecule has 1 N–H and O–H groups in total. The molecule has 0 amide bonds. The molecular formula is C12H21N3. The summed E-state index contributed by atoms with van der Waals surface area (Å²) in [5, 5.41) is 3.11. The summed E-state index contributed by atoms with van der Waals surface area (Å²) in [6.07, 6.45) is 2.44. The van der Waals surface area contributed by atoms with Crippen LogP contribution in [-0.2, 0) is 6.54 Å². The third kappa shape index (κ3) is 3.88. The zero-order chi connectivity index (χ0) is 11.1. The third-order valence-electron chi connectivity index (χ3n) is 2.39. The van der Waals surface area contributed by atoms with Crippen molar-refractivity contribution in [3.63, 3.8) is 0 Å². The summed E-state index contributed by atoms with van der Waals surface area (Å²) < 4.78 is 0. The predicted molar refractivity (Wildman–Crippen MR) is 65.2 cm³/mol. The minimum Gasteiger partial charge on any atom is -0.360 e. The molecule has 0 aromatic carbocycles. The first-order valence-corrected chi connectivity index (χ1v) is 5.59. The van der Waals surface area contributed by atoms with Crippen LogP contribution in [0.25, 0.3) is 0 Å². The average Bonchev–Trinajstić information content (AvgIpc) is 2.27. The molecule has 0 aliphatic heterocycles. The van der Waals surface area contributed by atoms with Crippen molar-refractivity contribution < 1.29 is 0 Å². The second kappa shape index (κ2) is 6.40. The highest BCUT2D eigenvalue weighted by atomic mass is 15.2. The first-order valence-electron chi connectivity index (χ1n) is 5.59. The molecule has 0 unspecified atom stereocenters. The highest BCUT2D eigenvalue weighted by molar-refractivity contribution is 5.38. The molecule has 0 aliphatic carbocycles. The molecule has 1 rings (SSSR count). The molecule has 3 nitrogen and oxygen atoms in total. The van der Waals surface area contributed by atoms with Gasteiger partial charge in [0.2, 0.25) is 0 Å². The predicted octanol–water partition coefficient (Wildman–Crippen LogP) is 2.04. The molecule has 1 aromatic heterocycles. The van der Waals surface area contributed by atoms with Crippen LogP contribution >= 0.6 is 0 Å². The Kier molecular flexibility index (Phi) is 5.12. The first kappa shape index (κ1) is 12.0. The average molecular weight is 207 g/mol. The van der Waals surface area contributed by atoms with Crippen LogP contribution in [0.3, 0.4) is 0 Å². The van der Waals surface area contributed by atoms with Crippen LogP contribution in [0.2, 0.25) is 0 Å². The molecule has 15 heavy (non-hydrogen) atoms. The Morgan fingerprint density at radius 3 is 2.87 bits per heavy atom. The summed E-state index contributed by atoms with van der Waals surface area (Å²) in [4.78, 5) is 6.79. The van der Waals surface area contributed by atoms with Crippen molar-refractivity contribution in [3.8, 4) is 0 Å². The van der Waals surface area contributed by atoms with E-state index in [2.05, 4.69) is 41.3 Å². The van der Waals surface area contributed by atoms with E-state index in [1.807, 2.05) is 13.1 Å². The summed E-state index contributed by atoms with van der Waals surface area (Å²) in [5.74, 6) is 1.07. The van der Waals surface area contributed by atoms with Crippen molar-refractivity contribution in [1.29, 1.82) is 0 Å². The fourth-order valence-electron chi connectivity index (χ4n) is 1.47. The zero-order valence-electron chi connectivity index (χ0n) is 9.95. The van der Waals surface area contributed by atoms with Crippen molar-refractivity contribution >= 4 is 5.82 Å². The van der Waals surface area contributed by atoms with Gasteiger partial charge in [-0.1, -0.05) is 19.4 Å². The summed E-state index contributed by atoms with van der Waals surface area (Å²) >= 11 is 0. The maximum absolute atomic E-state index is 4.58. The van der Waals surface area contributed by atoms with Crippen LogP contribution in [0.5, 0.6) is 0 Å². The molecule has 1 aromatic rings. The molecule has 0 radical (unpaired) electrons. The summed E-state index contributed by atoms with van der Waals surface area (Å²) in [7, 11) is 4.04. The lowest BCUT2D eigenvalue weighted by molar-refractivity contribution is 0.748. The van der Waals surface area contributed by atoms with Gasteiger partial charge < -0.3 is 10.2 Å². The van der Waals surface area contributed by atoms with Gasteiger partial charge in [0.15, 0.2) is 0 Å². The molecule has 1 heterocycles. The van der Waals surface area contributed by atoms with Crippen LogP contribution in [0.15, 0.2) is 18.2 Å². The number of unbranched alkanes of at least 4 members (excludes halogenated alkanes) is 1. The second-order valence-electron chi connectivity index (χ2n) is 3.79. The van der Waals surface area contributed by atoms with E-state index in [1.165, 1.54) is 12.8 Å². The maximum atomic E-state index is 4.58. The topological polar surface area (TPSA) is 28.2 Å². The van der Waals surface area contributed by atoms with Gasteiger partial charge in [0.25, 0.3) is 0 Å². The van der Waals surface area contributed by atoms with Gasteiger partial charge in [-0.05, 0) is 25.6 Å². The first-order chi connectivity index (χ1) is 7.27. The second-order valence-corrected chi connectivity index (χ2v) is 3.79. The van der Waals surface area contributed by atoms with Gasteiger partial charge in [-0.3, -0.25) is 0 Å². The smallest absolute Gasteiger partial charge is 0.128 e. The molecule has 0 bridgehead atoms. The Hall–Kier alpha value is -1.09. The molecule has 0 aliphatic rings.